The van der Waals surface area contributed by atoms with Gasteiger partial charge in [-0.25, -0.2) is 9.78 Å². The second-order valence-corrected chi connectivity index (χ2v) is 9.32. The van der Waals surface area contributed by atoms with Crippen molar-refractivity contribution >= 4 is 27.5 Å². The quantitative estimate of drug-likeness (QED) is 0.457. The molecule has 0 spiro atoms. The molecule has 0 aliphatic carbocycles. The average molecular weight is 461 g/mol. The van der Waals surface area contributed by atoms with Crippen LogP contribution in [0.15, 0.2) is 76.4 Å². The summed E-state index contributed by atoms with van der Waals surface area (Å²) in [5, 5.41) is 0.908. The van der Waals surface area contributed by atoms with Gasteiger partial charge in [0.15, 0.2) is 0 Å². The van der Waals surface area contributed by atoms with Gasteiger partial charge in [-0.2, -0.15) is 0 Å². The van der Waals surface area contributed by atoms with Gasteiger partial charge in [0.1, 0.15) is 11.6 Å². The highest BCUT2D eigenvalue weighted by Gasteiger charge is 2.30. The van der Waals surface area contributed by atoms with Gasteiger partial charge in [0.2, 0.25) is 5.91 Å². The summed E-state index contributed by atoms with van der Waals surface area (Å²) in [5.41, 5.74) is 0.932. The summed E-state index contributed by atoms with van der Waals surface area (Å²) < 4.78 is 3.59. The minimum absolute atomic E-state index is 0.130. The normalized spacial score (nSPS) is 16.2. The SMILES string of the molecule is O=C(Cn1c(=O)ccn(Cc2ccccc2)c1=O)N1CCCC[C@@H]1c1nc2ccccc2s1. The van der Waals surface area contributed by atoms with E-state index in [2.05, 4.69) is 0 Å². The van der Waals surface area contributed by atoms with Crippen LogP contribution in [0.1, 0.15) is 35.9 Å². The van der Waals surface area contributed by atoms with E-state index in [1.54, 1.807) is 16.2 Å². The number of likely N-dealkylation sites (tertiary alicyclic amines) is 1. The third-order valence-corrected chi connectivity index (χ3v) is 7.19. The Balaban J connectivity index is 1.41. The predicted molar refractivity (Wildman–Crippen MR) is 128 cm³/mol. The molecule has 3 heterocycles. The van der Waals surface area contributed by atoms with Crippen molar-refractivity contribution in [2.24, 2.45) is 0 Å². The van der Waals surface area contributed by atoms with Crippen molar-refractivity contribution in [3.63, 3.8) is 0 Å². The van der Waals surface area contributed by atoms with E-state index in [4.69, 9.17) is 4.98 Å². The maximum absolute atomic E-state index is 13.3. The molecule has 1 fully saturated rings. The zero-order valence-electron chi connectivity index (χ0n) is 18.1. The van der Waals surface area contributed by atoms with Gasteiger partial charge in [-0.15, -0.1) is 11.3 Å². The summed E-state index contributed by atoms with van der Waals surface area (Å²) in [4.78, 5) is 45.4. The number of benzene rings is 2. The van der Waals surface area contributed by atoms with Gasteiger partial charge in [0.25, 0.3) is 5.56 Å². The number of thiazole rings is 1. The largest absolute Gasteiger partial charge is 0.332 e. The summed E-state index contributed by atoms with van der Waals surface area (Å²) in [6.07, 6.45) is 4.23. The summed E-state index contributed by atoms with van der Waals surface area (Å²) in [7, 11) is 0. The first kappa shape index (κ1) is 21.3. The maximum Gasteiger partial charge on any atom is 0.331 e. The summed E-state index contributed by atoms with van der Waals surface area (Å²) in [5.74, 6) is -0.226. The molecule has 1 saturated heterocycles. The molecule has 7 nitrogen and oxygen atoms in total. The summed E-state index contributed by atoms with van der Waals surface area (Å²) in [6.45, 7) is 0.667. The first-order valence-electron chi connectivity index (χ1n) is 11.1. The molecular weight excluding hydrogens is 436 g/mol. The van der Waals surface area contributed by atoms with Crippen LogP contribution in [0, 0.1) is 0 Å². The Morgan fingerprint density at radius 3 is 2.61 bits per heavy atom. The number of carbonyl (C=O) groups excluding carboxylic acids is 1. The molecule has 2 aromatic heterocycles. The van der Waals surface area contributed by atoms with Crippen LogP contribution in [0.2, 0.25) is 0 Å². The lowest BCUT2D eigenvalue weighted by atomic mass is 10.0. The minimum atomic E-state index is -0.478. The molecule has 1 atom stereocenters. The summed E-state index contributed by atoms with van der Waals surface area (Å²) >= 11 is 1.60. The number of piperidine rings is 1. The number of nitrogens with zero attached hydrogens (tertiary/aromatic N) is 4. The maximum atomic E-state index is 13.3. The lowest BCUT2D eigenvalue weighted by molar-refractivity contribution is -0.135. The number of fused-ring (bicyclic) bond motifs is 1. The Bertz CT molecular complexity index is 1370. The second kappa shape index (κ2) is 9.15. The van der Waals surface area contributed by atoms with Crippen LogP contribution in [-0.2, 0) is 17.9 Å². The fraction of sp³-hybridized carbons (Fsp3) is 0.280. The van der Waals surface area contributed by atoms with Crippen LogP contribution >= 0.6 is 11.3 Å². The van der Waals surface area contributed by atoms with Gasteiger partial charge in [-0.1, -0.05) is 42.5 Å². The molecule has 1 aliphatic heterocycles. The number of para-hydroxylation sites is 1. The van der Waals surface area contributed by atoms with Gasteiger partial charge in [-0.05, 0) is 37.0 Å². The van der Waals surface area contributed by atoms with Gasteiger partial charge in [0.05, 0.1) is 22.8 Å². The molecule has 5 rings (SSSR count). The van der Waals surface area contributed by atoms with Gasteiger partial charge in [0, 0.05) is 18.8 Å². The number of amides is 1. The lowest BCUT2D eigenvalue weighted by Crippen LogP contribution is -2.46. The number of rotatable bonds is 5. The molecular formula is C25H24N4O3S. The molecule has 0 radical (unpaired) electrons. The van der Waals surface area contributed by atoms with E-state index >= 15 is 0 Å². The molecule has 0 bridgehead atoms. The predicted octanol–water partition coefficient (Wildman–Crippen LogP) is 3.42. The van der Waals surface area contributed by atoms with Crippen molar-refractivity contribution in [2.75, 3.05) is 6.54 Å². The van der Waals surface area contributed by atoms with Crippen LogP contribution in [0.3, 0.4) is 0 Å². The molecule has 0 saturated carbocycles. The number of carbonyl (C=O) groups is 1. The minimum Gasteiger partial charge on any atom is -0.332 e. The zero-order valence-corrected chi connectivity index (χ0v) is 18.9. The average Bonchev–Trinajstić information content (AvgIpc) is 3.28. The Morgan fingerprint density at radius 1 is 1.00 bits per heavy atom. The fourth-order valence-corrected chi connectivity index (χ4v) is 5.46. The van der Waals surface area contributed by atoms with Crippen LogP contribution in [-0.4, -0.2) is 31.5 Å². The first-order chi connectivity index (χ1) is 16.1. The third kappa shape index (κ3) is 4.39. The molecule has 168 valence electrons. The second-order valence-electron chi connectivity index (χ2n) is 8.25. The van der Waals surface area contributed by atoms with E-state index in [1.807, 2.05) is 54.6 Å². The standard InChI is InChI=1S/C25H24N4O3S/c30-22-13-15-27(16-18-8-2-1-3-9-18)25(32)29(22)17-23(31)28-14-7-6-11-20(28)24-26-19-10-4-5-12-21(19)33-24/h1-5,8-10,12-13,15,20H,6-7,11,14,16-17H2/t20-/m1/s1. The first-order valence-corrected chi connectivity index (χ1v) is 11.9. The van der Waals surface area contributed by atoms with Crippen LogP contribution in [0.5, 0.6) is 0 Å². The molecule has 8 heteroatoms. The molecule has 0 unspecified atom stereocenters. The lowest BCUT2D eigenvalue weighted by Gasteiger charge is -2.34. The topological polar surface area (TPSA) is 77.2 Å². The molecule has 2 aromatic carbocycles. The fourth-order valence-electron chi connectivity index (χ4n) is 4.35. The zero-order chi connectivity index (χ0) is 22.8. The van der Waals surface area contributed by atoms with Gasteiger partial charge in [-0.3, -0.25) is 18.7 Å². The van der Waals surface area contributed by atoms with Crippen LogP contribution < -0.4 is 11.2 Å². The van der Waals surface area contributed by atoms with Crippen molar-refractivity contribution in [3.8, 4) is 0 Å². The van der Waals surface area contributed by atoms with E-state index in [0.29, 0.717) is 13.1 Å². The highest BCUT2D eigenvalue weighted by Crippen LogP contribution is 2.35. The van der Waals surface area contributed by atoms with E-state index in [-0.39, 0.29) is 18.5 Å². The third-order valence-electron chi connectivity index (χ3n) is 6.05. The Morgan fingerprint density at radius 2 is 1.79 bits per heavy atom. The Kier molecular flexibility index (Phi) is 5.92. The Hall–Kier alpha value is -3.52. The highest BCUT2D eigenvalue weighted by atomic mass is 32.1. The molecule has 0 N–H and O–H groups in total. The van der Waals surface area contributed by atoms with Gasteiger partial charge < -0.3 is 4.90 Å². The van der Waals surface area contributed by atoms with E-state index in [0.717, 1.165) is 44.6 Å². The van der Waals surface area contributed by atoms with Crippen molar-refractivity contribution in [2.45, 2.75) is 38.4 Å². The summed E-state index contributed by atoms with van der Waals surface area (Å²) in [6, 6.07) is 18.7. The monoisotopic (exact) mass is 460 g/mol. The van der Waals surface area contributed by atoms with Crippen molar-refractivity contribution in [1.29, 1.82) is 0 Å². The van der Waals surface area contributed by atoms with E-state index in [1.165, 1.54) is 16.8 Å². The van der Waals surface area contributed by atoms with Crippen molar-refractivity contribution in [3.05, 3.63) is 98.3 Å². The Labute approximate surface area is 194 Å². The number of hydrogen-bond acceptors (Lipinski definition) is 5. The molecule has 4 aromatic rings. The van der Waals surface area contributed by atoms with Crippen LogP contribution in [0.4, 0.5) is 0 Å². The number of aromatic nitrogens is 3. The highest BCUT2D eigenvalue weighted by molar-refractivity contribution is 7.18. The van der Waals surface area contributed by atoms with Crippen LogP contribution in [0.25, 0.3) is 10.2 Å². The number of hydrogen-bond donors (Lipinski definition) is 0. The smallest absolute Gasteiger partial charge is 0.331 e. The molecule has 33 heavy (non-hydrogen) atoms. The van der Waals surface area contributed by atoms with E-state index in [9.17, 15) is 14.4 Å². The van der Waals surface area contributed by atoms with E-state index < -0.39 is 11.2 Å². The van der Waals surface area contributed by atoms with Crippen molar-refractivity contribution < 1.29 is 4.79 Å². The van der Waals surface area contributed by atoms with Gasteiger partial charge >= 0.3 is 5.69 Å². The van der Waals surface area contributed by atoms with Crippen molar-refractivity contribution in [1.82, 2.24) is 19.0 Å². The molecule has 1 amide bonds. The molecule has 1 aliphatic rings.